The number of aromatic amines is 1. The van der Waals surface area contributed by atoms with Crippen molar-refractivity contribution < 1.29 is 9.90 Å². The fraction of sp³-hybridized carbons (Fsp3) is 0.292. The molecule has 0 amide bonds. The lowest BCUT2D eigenvalue weighted by Crippen LogP contribution is -2.30. The maximum Gasteiger partial charge on any atom is 0.329 e. The van der Waals surface area contributed by atoms with Crippen LogP contribution in [0.25, 0.3) is 21.9 Å². The number of hydrogen-bond donors (Lipinski definition) is 2. The van der Waals surface area contributed by atoms with Crippen molar-refractivity contribution in [2.45, 2.75) is 45.7 Å². The monoisotopic (exact) mass is 416 g/mol. The highest BCUT2D eigenvalue weighted by molar-refractivity contribution is 5.87. The summed E-state index contributed by atoms with van der Waals surface area (Å²) in [6.45, 7) is 5.87. The van der Waals surface area contributed by atoms with Crippen molar-refractivity contribution in [3.05, 3.63) is 69.8 Å². The molecule has 0 radical (unpaired) electrons. The first kappa shape index (κ1) is 20.5. The number of nitriles is 1. The first-order valence-electron chi connectivity index (χ1n) is 10.3. The summed E-state index contributed by atoms with van der Waals surface area (Å²) in [6.07, 6.45) is 2.26. The van der Waals surface area contributed by atoms with E-state index in [0.29, 0.717) is 23.0 Å². The molecule has 2 aromatic heterocycles. The maximum absolute atomic E-state index is 13.7. The van der Waals surface area contributed by atoms with Gasteiger partial charge in [0, 0.05) is 28.7 Å². The molecule has 0 bridgehead atoms. The summed E-state index contributed by atoms with van der Waals surface area (Å²) >= 11 is 0. The van der Waals surface area contributed by atoms with Crippen LogP contribution < -0.4 is 5.69 Å². The Kier molecular flexibility index (Phi) is 5.15. The molecular weight excluding hydrogens is 392 g/mol. The Balaban J connectivity index is 2.00. The zero-order chi connectivity index (χ0) is 22.3. The van der Waals surface area contributed by atoms with Gasteiger partial charge in [0.2, 0.25) is 0 Å². The topological polar surface area (TPSA) is 104 Å². The zero-order valence-corrected chi connectivity index (χ0v) is 17.7. The highest BCUT2D eigenvalue weighted by Crippen LogP contribution is 2.32. The van der Waals surface area contributed by atoms with Crippen molar-refractivity contribution >= 4 is 27.9 Å². The van der Waals surface area contributed by atoms with Crippen LogP contribution in [0, 0.1) is 18.3 Å². The van der Waals surface area contributed by atoms with E-state index in [1.54, 1.807) is 27.3 Å². The van der Waals surface area contributed by atoms with Crippen LogP contribution in [0.1, 0.15) is 55.5 Å². The van der Waals surface area contributed by atoms with Crippen LogP contribution in [0.3, 0.4) is 0 Å². The fourth-order valence-corrected chi connectivity index (χ4v) is 4.53. The number of nitrogens with one attached hydrogen (secondary N) is 1. The molecular formula is C24H24N4O3. The van der Waals surface area contributed by atoms with Gasteiger partial charge in [-0.05, 0) is 50.1 Å². The number of rotatable bonds is 6. The number of imidazole rings is 1. The molecule has 0 aliphatic rings. The molecule has 2 N–H and O–H groups in total. The molecule has 2 heterocycles. The van der Waals surface area contributed by atoms with Crippen LogP contribution in [-0.4, -0.2) is 25.2 Å². The quantitative estimate of drug-likeness (QED) is 0.483. The van der Waals surface area contributed by atoms with Crippen molar-refractivity contribution in [2.75, 3.05) is 0 Å². The number of carboxylic acid groups (broad SMARTS) is 1. The van der Waals surface area contributed by atoms with Gasteiger partial charge in [-0.1, -0.05) is 19.1 Å². The fourth-order valence-electron chi connectivity index (χ4n) is 4.53. The van der Waals surface area contributed by atoms with Crippen LogP contribution in [0.5, 0.6) is 0 Å². The van der Waals surface area contributed by atoms with Crippen molar-refractivity contribution in [1.82, 2.24) is 14.1 Å². The number of nitrogens with zero attached hydrogens (tertiary/aromatic N) is 3. The first-order chi connectivity index (χ1) is 14.9. The number of aryl methyl sites for hydroxylation is 1. The number of benzene rings is 2. The van der Waals surface area contributed by atoms with E-state index in [2.05, 4.69) is 11.1 Å². The van der Waals surface area contributed by atoms with Gasteiger partial charge < -0.3 is 10.1 Å². The Morgan fingerprint density at radius 1 is 1.23 bits per heavy atom. The largest absolute Gasteiger partial charge is 0.481 e. The lowest BCUT2D eigenvalue weighted by atomic mass is 10.0. The molecule has 0 fully saturated rings. The molecule has 0 aliphatic carbocycles. The third-order valence-electron chi connectivity index (χ3n) is 6.06. The molecule has 4 rings (SSSR count). The summed E-state index contributed by atoms with van der Waals surface area (Å²) in [5.74, 6) is -0.962. The number of hydrogen-bond acceptors (Lipinski definition) is 3. The van der Waals surface area contributed by atoms with E-state index in [-0.39, 0.29) is 18.2 Å². The Hall–Kier alpha value is -3.79. The van der Waals surface area contributed by atoms with Gasteiger partial charge in [-0.3, -0.25) is 13.9 Å². The van der Waals surface area contributed by atoms with E-state index in [4.69, 9.17) is 0 Å². The molecule has 0 saturated heterocycles. The predicted octanol–water partition coefficient (Wildman–Crippen LogP) is 4.50. The summed E-state index contributed by atoms with van der Waals surface area (Å²) < 4.78 is 3.25. The molecule has 7 nitrogen and oxygen atoms in total. The average Bonchev–Trinajstić information content (AvgIpc) is 3.30. The smallest absolute Gasteiger partial charge is 0.329 e. The first-order valence-corrected chi connectivity index (χ1v) is 10.3. The van der Waals surface area contributed by atoms with Gasteiger partial charge in [-0.2, -0.15) is 5.26 Å². The molecule has 158 valence electrons. The van der Waals surface area contributed by atoms with Crippen LogP contribution in [0.15, 0.2) is 47.4 Å². The van der Waals surface area contributed by atoms with Gasteiger partial charge >= 0.3 is 11.7 Å². The number of carbonyl (C=O) groups is 1. The average molecular weight is 416 g/mol. The lowest BCUT2D eigenvalue weighted by molar-refractivity contribution is -0.137. The standard InChI is InChI=1S/C24H24N4O3/c1-4-17(11-22(29)30)28-21-10-16(12-25)8-9-20(21)27(24(28)31)15(3)18-13-26-19-7-5-6-14(2)23(18)19/h5-10,13,15,17,26H,4,11H2,1-3H3,(H,29,30). The van der Waals surface area contributed by atoms with E-state index >= 15 is 0 Å². The predicted molar refractivity (Wildman–Crippen MR) is 119 cm³/mol. The summed E-state index contributed by atoms with van der Waals surface area (Å²) in [4.78, 5) is 28.4. The molecule has 0 saturated carbocycles. The number of H-pyrrole nitrogens is 1. The number of fused-ring (bicyclic) bond motifs is 2. The van der Waals surface area contributed by atoms with Gasteiger partial charge in [-0.15, -0.1) is 0 Å². The summed E-state index contributed by atoms with van der Waals surface area (Å²) in [5, 5.41) is 19.8. The Morgan fingerprint density at radius 2 is 2.00 bits per heavy atom. The van der Waals surface area contributed by atoms with Gasteiger partial charge in [0.05, 0.1) is 35.1 Å². The van der Waals surface area contributed by atoms with E-state index in [1.165, 1.54) is 0 Å². The zero-order valence-electron chi connectivity index (χ0n) is 17.7. The van der Waals surface area contributed by atoms with E-state index in [0.717, 1.165) is 22.0 Å². The summed E-state index contributed by atoms with van der Waals surface area (Å²) in [6, 6.07) is 12.5. The van der Waals surface area contributed by atoms with Crippen molar-refractivity contribution in [3.8, 4) is 6.07 Å². The molecule has 0 aliphatic heterocycles. The van der Waals surface area contributed by atoms with Gasteiger partial charge in [0.25, 0.3) is 0 Å². The van der Waals surface area contributed by atoms with Crippen LogP contribution in [0.2, 0.25) is 0 Å². The third-order valence-corrected chi connectivity index (χ3v) is 6.06. The van der Waals surface area contributed by atoms with Crippen molar-refractivity contribution in [2.24, 2.45) is 0 Å². The minimum Gasteiger partial charge on any atom is -0.481 e. The Labute approximate surface area is 179 Å². The highest BCUT2D eigenvalue weighted by Gasteiger charge is 2.25. The van der Waals surface area contributed by atoms with E-state index in [1.807, 2.05) is 45.2 Å². The summed E-state index contributed by atoms with van der Waals surface area (Å²) in [7, 11) is 0. The van der Waals surface area contributed by atoms with Crippen LogP contribution in [0.4, 0.5) is 0 Å². The van der Waals surface area contributed by atoms with E-state index < -0.39 is 12.0 Å². The Bertz CT molecular complexity index is 1400. The molecule has 7 heteroatoms. The van der Waals surface area contributed by atoms with Crippen LogP contribution >= 0.6 is 0 Å². The molecule has 4 aromatic rings. The van der Waals surface area contributed by atoms with Crippen molar-refractivity contribution in [3.63, 3.8) is 0 Å². The number of aromatic nitrogens is 3. The molecule has 31 heavy (non-hydrogen) atoms. The minimum absolute atomic E-state index is 0.160. The maximum atomic E-state index is 13.7. The molecule has 2 atom stereocenters. The van der Waals surface area contributed by atoms with Crippen LogP contribution in [-0.2, 0) is 4.79 Å². The summed E-state index contributed by atoms with van der Waals surface area (Å²) in [5.41, 5.74) is 4.53. The minimum atomic E-state index is -0.962. The number of carboxylic acids is 1. The van der Waals surface area contributed by atoms with Gasteiger partial charge in [-0.25, -0.2) is 4.79 Å². The lowest BCUT2D eigenvalue weighted by Gasteiger charge is -2.16. The van der Waals surface area contributed by atoms with Gasteiger partial charge in [0.15, 0.2) is 0 Å². The molecule has 2 unspecified atom stereocenters. The second-order valence-corrected chi connectivity index (χ2v) is 7.92. The number of aliphatic carboxylic acids is 1. The van der Waals surface area contributed by atoms with Gasteiger partial charge in [0.1, 0.15) is 0 Å². The Morgan fingerprint density at radius 3 is 2.68 bits per heavy atom. The van der Waals surface area contributed by atoms with Crippen molar-refractivity contribution in [1.29, 1.82) is 5.26 Å². The second kappa shape index (κ2) is 7.80. The normalized spacial score (nSPS) is 13.4. The SMILES string of the molecule is CCC(CC(=O)O)n1c(=O)n(C(C)c2c[nH]c3cccc(C)c23)c2ccc(C#N)cc21. The van der Waals surface area contributed by atoms with E-state index in [9.17, 15) is 20.0 Å². The molecule has 0 spiro atoms. The second-order valence-electron chi connectivity index (χ2n) is 7.92. The highest BCUT2D eigenvalue weighted by atomic mass is 16.4. The molecule has 2 aromatic carbocycles. The third kappa shape index (κ3) is 3.30.